The second kappa shape index (κ2) is 10.2. The first kappa shape index (κ1) is 26.1. The van der Waals surface area contributed by atoms with Gasteiger partial charge in [0.05, 0.1) is 23.7 Å². The van der Waals surface area contributed by atoms with Crippen LogP contribution in [0.5, 0.6) is 17.2 Å². The fourth-order valence-corrected chi connectivity index (χ4v) is 4.42. The molecule has 1 saturated heterocycles. The van der Waals surface area contributed by atoms with Crippen LogP contribution in [0, 0.1) is 0 Å². The van der Waals surface area contributed by atoms with E-state index in [1.807, 2.05) is 45.0 Å². The Kier molecular flexibility index (Phi) is 7.18. The third-order valence-corrected chi connectivity index (χ3v) is 6.19. The molecule has 1 aliphatic heterocycles. The van der Waals surface area contributed by atoms with Crippen LogP contribution < -0.4 is 9.47 Å². The second-order valence-corrected chi connectivity index (χ2v) is 10.1. The number of amides is 1. The van der Waals surface area contributed by atoms with Gasteiger partial charge < -0.3 is 24.6 Å². The van der Waals surface area contributed by atoms with Crippen molar-refractivity contribution in [2.45, 2.75) is 39.0 Å². The van der Waals surface area contributed by atoms with Gasteiger partial charge in [-0.2, -0.15) is 0 Å². The third kappa shape index (κ3) is 5.57. The summed E-state index contributed by atoms with van der Waals surface area (Å²) >= 11 is 6.13. The van der Waals surface area contributed by atoms with Gasteiger partial charge in [0.25, 0.3) is 11.7 Å². The first-order chi connectivity index (χ1) is 17.5. The van der Waals surface area contributed by atoms with E-state index in [0.717, 1.165) is 5.56 Å². The van der Waals surface area contributed by atoms with Crippen molar-refractivity contribution in [1.29, 1.82) is 0 Å². The maximum absolute atomic E-state index is 13.3. The van der Waals surface area contributed by atoms with E-state index >= 15 is 0 Å². The SMILES string of the molecule is COc1cc(/C(O)=C2/C(=O)C(=O)N(Cc3ccc(OC(C)(C)C)cc3)C2c2ccc(O)cc2)ccc1Cl. The number of ether oxygens (including phenoxy) is 2. The summed E-state index contributed by atoms with van der Waals surface area (Å²) in [6.45, 7) is 5.98. The summed E-state index contributed by atoms with van der Waals surface area (Å²) in [5.74, 6) is -0.850. The topological polar surface area (TPSA) is 96.3 Å². The maximum atomic E-state index is 13.3. The smallest absolute Gasteiger partial charge is 0.295 e. The molecule has 1 fully saturated rings. The van der Waals surface area contributed by atoms with Crippen LogP contribution in [0.15, 0.2) is 72.3 Å². The van der Waals surface area contributed by atoms with Crippen LogP contribution in [-0.2, 0) is 16.1 Å². The van der Waals surface area contributed by atoms with E-state index < -0.39 is 17.7 Å². The van der Waals surface area contributed by atoms with Gasteiger partial charge in [0.15, 0.2) is 0 Å². The number of carbonyl (C=O) groups is 2. The van der Waals surface area contributed by atoms with Crippen LogP contribution in [0.4, 0.5) is 0 Å². The Morgan fingerprint density at radius 1 is 1.00 bits per heavy atom. The number of phenols is 1. The Morgan fingerprint density at radius 3 is 2.24 bits per heavy atom. The number of hydrogen-bond acceptors (Lipinski definition) is 6. The van der Waals surface area contributed by atoms with Gasteiger partial charge in [-0.05, 0) is 74.4 Å². The average molecular weight is 522 g/mol. The molecular formula is C29H28ClNO6. The Balaban J connectivity index is 1.77. The number of ketones is 1. The molecule has 1 unspecified atom stereocenters. The van der Waals surface area contributed by atoms with Crippen molar-refractivity contribution in [2.24, 2.45) is 0 Å². The van der Waals surface area contributed by atoms with Gasteiger partial charge >= 0.3 is 0 Å². The Labute approximate surface area is 220 Å². The summed E-state index contributed by atoms with van der Waals surface area (Å²) in [7, 11) is 1.44. The number of halogens is 1. The summed E-state index contributed by atoms with van der Waals surface area (Å²) in [5.41, 5.74) is 1.21. The number of benzene rings is 3. The van der Waals surface area contributed by atoms with Crippen molar-refractivity contribution >= 4 is 29.1 Å². The molecule has 0 bridgehead atoms. The highest BCUT2D eigenvalue weighted by atomic mass is 35.5. The molecule has 0 aliphatic carbocycles. The van der Waals surface area contributed by atoms with Crippen LogP contribution in [0.2, 0.25) is 5.02 Å². The van der Waals surface area contributed by atoms with Gasteiger partial charge in [-0.25, -0.2) is 0 Å². The van der Waals surface area contributed by atoms with E-state index in [4.69, 9.17) is 21.1 Å². The van der Waals surface area contributed by atoms with Crippen molar-refractivity contribution in [2.75, 3.05) is 7.11 Å². The first-order valence-electron chi connectivity index (χ1n) is 11.7. The first-order valence-corrected chi connectivity index (χ1v) is 12.1. The number of hydrogen-bond donors (Lipinski definition) is 2. The Morgan fingerprint density at radius 2 is 1.65 bits per heavy atom. The zero-order valence-corrected chi connectivity index (χ0v) is 21.7. The van der Waals surface area contributed by atoms with Crippen molar-refractivity contribution in [3.05, 3.63) is 94.0 Å². The Bertz CT molecular complexity index is 1360. The lowest BCUT2D eigenvalue weighted by Gasteiger charge is -2.26. The molecule has 37 heavy (non-hydrogen) atoms. The summed E-state index contributed by atoms with van der Waals surface area (Å²) in [4.78, 5) is 27.9. The van der Waals surface area contributed by atoms with Crippen LogP contribution >= 0.6 is 11.6 Å². The molecule has 4 rings (SSSR count). The zero-order chi connectivity index (χ0) is 26.9. The van der Waals surface area contributed by atoms with Crippen LogP contribution in [-0.4, -0.2) is 39.5 Å². The van der Waals surface area contributed by atoms with Gasteiger partial charge in [-0.3, -0.25) is 9.59 Å². The molecule has 3 aromatic rings. The lowest BCUT2D eigenvalue weighted by molar-refractivity contribution is -0.140. The third-order valence-electron chi connectivity index (χ3n) is 5.87. The van der Waals surface area contributed by atoms with E-state index in [-0.39, 0.29) is 34.8 Å². The van der Waals surface area contributed by atoms with E-state index in [1.54, 1.807) is 24.3 Å². The molecule has 1 aliphatic rings. The average Bonchev–Trinajstić information content (AvgIpc) is 3.09. The van der Waals surface area contributed by atoms with Crippen LogP contribution in [0.1, 0.15) is 43.5 Å². The molecule has 2 N–H and O–H groups in total. The number of aliphatic hydroxyl groups excluding tert-OH is 1. The molecule has 7 nitrogen and oxygen atoms in total. The van der Waals surface area contributed by atoms with Crippen LogP contribution in [0.25, 0.3) is 5.76 Å². The lowest BCUT2D eigenvalue weighted by Crippen LogP contribution is -2.29. The fraction of sp³-hybridized carbons (Fsp3) is 0.241. The highest BCUT2D eigenvalue weighted by Gasteiger charge is 2.46. The minimum Gasteiger partial charge on any atom is -0.508 e. The number of Topliss-reactive ketones (excluding diaryl/α,β-unsaturated/α-hetero) is 1. The molecule has 1 heterocycles. The lowest BCUT2D eigenvalue weighted by atomic mass is 9.95. The van der Waals surface area contributed by atoms with Gasteiger partial charge in [0.1, 0.15) is 28.6 Å². The van der Waals surface area contributed by atoms with Crippen molar-refractivity contribution in [3.8, 4) is 17.2 Å². The van der Waals surface area contributed by atoms with Crippen LogP contribution in [0.3, 0.4) is 0 Å². The van der Waals surface area contributed by atoms with E-state index in [0.29, 0.717) is 22.1 Å². The normalized spacial score (nSPS) is 17.2. The predicted octanol–water partition coefficient (Wildman–Crippen LogP) is 5.85. The highest BCUT2D eigenvalue weighted by molar-refractivity contribution is 6.46. The number of nitrogens with zero attached hydrogens (tertiary/aromatic N) is 1. The van der Waals surface area contributed by atoms with Gasteiger partial charge in [-0.1, -0.05) is 35.9 Å². The largest absolute Gasteiger partial charge is 0.508 e. The molecular weight excluding hydrogens is 494 g/mol. The van der Waals surface area contributed by atoms with Gasteiger partial charge in [0.2, 0.25) is 0 Å². The van der Waals surface area contributed by atoms with Crippen molar-refractivity contribution in [3.63, 3.8) is 0 Å². The fourth-order valence-electron chi connectivity index (χ4n) is 4.22. The minimum atomic E-state index is -0.882. The molecule has 0 aromatic heterocycles. The number of aliphatic hydroxyl groups is 1. The van der Waals surface area contributed by atoms with Crippen molar-refractivity contribution in [1.82, 2.24) is 4.90 Å². The zero-order valence-electron chi connectivity index (χ0n) is 21.0. The molecule has 0 saturated carbocycles. The number of carbonyl (C=O) groups excluding carboxylic acids is 2. The standard InChI is InChI=1S/C29H28ClNO6/c1-29(2,3)37-21-12-5-17(6-13-21)16-31-25(18-7-10-20(32)11-8-18)24(27(34)28(31)35)26(33)19-9-14-22(30)23(15-19)36-4/h5-15,25,32-33H,16H2,1-4H3/b26-24-. The predicted molar refractivity (Wildman–Crippen MR) is 141 cm³/mol. The quantitative estimate of drug-likeness (QED) is 0.240. The second-order valence-electron chi connectivity index (χ2n) is 9.73. The molecule has 1 amide bonds. The number of aromatic hydroxyl groups is 1. The summed E-state index contributed by atoms with van der Waals surface area (Å²) in [5, 5.41) is 21.4. The van der Waals surface area contributed by atoms with Crippen molar-refractivity contribution < 1.29 is 29.3 Å². The molecule has 8 heteroatoms. The number of likely N-dealkylation sites (tertiary alicyclic amines) is 1. The molecule has 3 aromatic carbocycles. The molecule has 0 spiro atoms. The number of methoxy groups -OCH3 is 1. The molecule has 1 atom stereocenters. The van der Waals surface area contributed by atoms with Gasteiger partial charge in [-0.15, -0.1) is 0 Å². The van der Waals surface area contributed by atoms with Gasteiger partial charge in [0, 0.05) is 12.1 Å². The summed E-state index contributed by atoms with van der Waals surface area (Å²) in [6, 6.07) is 17.2. The molecule has 0 radical (unpaired) electrons. The molecule has 192 valence electrons. The monoisotopic (exact) mass is 521 g/mol. The summed E-state index contributed by atoms with van der Waals surface area (Å²) in [6.07, 6.45) is 0. The van der Waals surface area contributed by atoms with E-state index in [1.165, 1.54) is 30.2 Å². The minimum absolute atomic E-state index is 0.0394. The Hall–Kier alpha value is -3.97. The highest BCUT2D eigenvalue weighted by Crippen LogP contribution is 2.41. The number of rotatable bonds is 6. The van der Waals surface area contributed by atoms with E-state index in [2.05, 4.69) is 0 Å². The number of phenolic OH excluding ortho intramolecular Hbond substituents is 1. The summed E-state index contributed by atoms with van der Waals surface area (Å²) < 4.78 is 11.1. The maximum Gasteiger partial charge on any atom is 0.295 e. The van der Waals surface area contributed by atoms with E-state index in [9.17, 15) is 19.8 Å².